The zero-order chi connectivity index (χ0) is 21.8. The van der Waals surface area contributed by atoms with Gasteiger partial charge in [0, 0.05) is 36.0 Å². The van der Waals surface area contributed by atoms with Crippen molar-refractivity contribution in [1.29, 1.82) is 0 Å². The van der Waals surface area contributed by atoms with Gasteiger partial charge in [-0.15, -0.1) is 0 Å². The second-order valence-corrected chi connectivity index (χ2v) is 8.02. The average molecular weight is 418 g/mol. The number of nitrogens with one attached hydrogen (secondary N) is 1. The molecule has 31 heavy (non-hydrogen) atoms. The molecule has 1 saturated heterocycles. The van der Waals surface area contributed by atoms with Gasteiger partial charge < -0.3 is 5.11 Å². The van der Waals surface area contributed by atoms with Crippen molar-refractivity contribution >= 4 is 22.4 Å². The smallest absolute Gasteiger partial charge is 0.272 e. The first kappa shape index (κ1) is 19.3. The van der Waals surface area contributed by atoms with E-state index < -0.39 is 17.4 Å². The number of benzene rings is 1. The van der Waals surface area contributed by atoms with Crippen molar-refractivity contribution in [2.75, 3.05) is 4.90 Å². The normalized spacial score (nSPS) is 23.0. The van der Waals surface area contributed by atoms with Crippen molar-refractivity contribution in [3.8, 4) is 0 Å². The predicted molar refractivity (Wildman–Crippen MR) is 113 cm³/mol. The summed E-state index contributed by atoms with van der Waals surface area (Å²) in [5, 5.41) is 18.8. The maximum Gasteiger partial charge on any atom is 0.272 e. The molecule has 0 bridgehead atoms. The summed E-state index contributed by atoms with van der Waals surface area (Å²) in [7, 11) is 0. The predicted octanol–water partition coefficient (Wildman–Crippen LogP) is 2.76. The molecule has 5 rings (SSSR count). The summed E-state index contributed by atoms with van der Waals surface area (Å²) in [6, 6.07) is 9.00. The van der Waals surface area contributed by atoms with Gasteiger partial charge in [-0.3, -0.25) is 19.5 Å². The molecule has 3 heterocycles. The van der Waals surface area contributed by atoms with Gasteiger partial charge >= 0.3 is 0 Å². The minimum Gasteiger partial charge on any atom is -0.380 e. The average Bonchev–Trinajstić information content (AvgIpc) is 2.96. The second-order valence-electron chi connectivity index (χ2n) is 8.02. The van der Waals surface area contributed by atoms with Gasteiger partial charge in [0.25, 0.3) is 11.5 Å². The van der Waals surface area contributed by atoms with Crippen molar-refractivity contribution in [2.24, 2.45) is 5.92 Å². The summed E-state index contributed by atoms with van der Waals surface area (Å²) < 4.78 is 13.8. The van der Waals surface area contributed by atoms with Crippen LogP contribution in [0, 0.1) is 5.92 Å². The van der Waals surface area contributed by atoms with E-state index in [9.17, 15) is 19.1 Å². The number of pyridine rings is 1. The number of aromatic nitrogens is 3. The van der Waals surface area contributed by atoms with Crippen LogP contribution in [0.25, 0.3) is 10.8 Å². The van der Waals surface area contributed by atoms with Crippen molar-refractivity contribution in [1.82, 2.24) is 15.2 Å². The molecule has 2 aliphatic rings. The van der Waals surface area contributed by atoms with Crippen molar-refractivity contribution in [3.05, 3.63) is 88.0 Å². The molecule has 1 amide bonds. The standard InChI is InChI=1S/C23H19FN4O3/c1-23(31)18-10-14(24)6-7-20(18)28(22(23)30)15-8-13(11-25-12-15)9-19-16-4-2-3-5-17(16)21(29)27-26-19/h2-8,11-12,18,31H,9-10H2,1H3,(H,27,29). The minimum atomic E-state index is -1.70. The lowest BCUT2D eigenvalue weighted by Gasteiger charge is -2.23. The largest absolute Gasteiger partial charge is 0.380 e. The molecule has 0 radical (unpaired) electrons. The van der Waals surface area contributed by atoms with Crippen LogP contribution in [0.1, 0.15) is 24.6 Å². The lowest BCUT2D eigenvalue weighted by atomic mass is 9.85. The van der Waals surface area contributed by atoms with Gasteiger partial charge in [-0.05, 0) is 36.8 Å². The Kier molecular flexibility index (Phi) is 4.33. The molecule has 1 aliphatic heterocycles. The number of anilines is 1. The summed E-state index contributed by atoms with van der Waals surface area (Å²) in [6.07, 6.45) is 6.41. The highest BCUT2D eigenvalue weighted by molar-refractivity contribution is 6.06. The third-order valence-corrected chi connectivity index (χ3v) is 5.95. The van der Waals surface area contributed by atoms with Crippen LogP contribution in [0.15, 0.2) is 71.2 Å². The minimum absolute atomic E-state index is 0.0263. The SMILES string of the molecule is CC1(O)C(=O)N(c2cncc(Cc3n[nH]c(=O)c4ccccc34)c2)C2=CC=C(F)CC21. The fraction of sp³-hybridized carbons (Fsp3) is 0.217. The van der Waals surface area contributed by atoms with E-state index in [1.807, 2.05) is 12.1 Å². The van der Waals surface area contributed by atoms with E-state index in [4.69, 9.17) is 0 Å². The van der Waals surface area contributed by atoms with Gasteiger partial charge in [0.15, 0.2) is 0 Å². The second kappa shape index (κ2) is 6.95. The molecular formula is C23H19FN4O3. The molecular weight excluding hydrogens is 399 g/mol. The van der Waals surface area contributed by atoms with E-state index in [0.29, 0.717) is 28.9 Å². The molecule has 8 heteroatoms. The number of carbonyl (C=O) groups is 1. The highest BCUT2D eigenvalue weighted by Crippen LogP contribution is 2.45. The summed E-state index contributed by atoms with van der Waals surface area (Å²) in [5.41, 5.74) is 0.518. The Bertz CT molecular complexity index is 1340. The Hall–Kier alpha value is -3.65. The Labute approximate surface area is 176 Å². The maximum absolute atomic E-state index is 13.8. The topological polar surface area (TPSA) is 99.2 Å². The number of rotatable bonds is 3. The van der Waals surface area contributed by atoms with Gasteiger partial charge in [0.1, 0.15) is 11.4 Å². The number of aliphatic hydroxyl groups is 1. The Morgan fingerprint density at radius 1 is 1.23 bits per heavy atom. The van der Waals surface area contributed by atoms with Gasteiger partial charge in [-0.1, -0.05) is 18.2 Å². The lowest BCUT2D eigenvalue weighted by Crippen LogP contribution is -2.40. The number of H-pyrrole nitrogens is 1. The maximum atomic E-state index is 13.8. The van der Waals surface area contributed by atoms with Crippen LogP contribution in [0.2, 0.25) is 0 Å². The fourth-order valence-corrected chi connectivity index (χ4v) is 4.33. The van der Waals surface area contributed by atoms with E-state index in [2.05, 4.69) is 15.2 Å². The van der Waals surface area contributed by atoms with Crippen LogP contribution in [0.3, 0.4) is 0 Å². The molecule has 2 aromatic heterocycles. The van der Waals surface area contributed by atoms with Crippen LogP contribution >= 0.6 is 0 Å². The number of aromatic amines is 1. The van der Waals surface area contributed by atoms with E-state index >= 15 is 0 Å². The number of halogens is 1. The number of hydrogen-bond donors (Lipinski definition) is 2. The van der Waals surface area contributed by atoms with Gasteiger partial charge in [-0.2, -0.15) is 5.10 Å². The zero-order valence-electron chi connectivity index (χ0n) is 16.7. The van der Waals surface area contributed by atoms with Gasteiger partial charge in [0.2, 0.25) is 0 Å². The number of amides is 1. The molecule has 7 nitrogen and oxygen atoms in total. The number of carbonyl (C=O) groups excluding carboxylic acids is 1. The van der Waals surface area contributed by atoms with Crippen LogP contribution in [-0.4, -0.2) is 31.8 Å². The third kappa shape index (κ3) is 3.07. The molecule has 0 saturated carbocycles. The monoisotopic (exact) mass is 418 g/mol. The first-order valence-corrected chi connectivity index (χ1v) is 9.89. The van der Waals surface area contributed by atoms with Crippen LogP contribution in [-0.2, 0) is 11.2 Å². The van der Waals surface area contributed by atoms with Crippen molar-refractivity contribution in [3.63, 3.8) is 0 Å². The number of fused-ring (bicyclic) bond motifs is 2. The first-order chi connectivity index (χ1) is 14.9. The number of nitrogens with zero attached hydrogens (tertiary/aromatic N) is 3. The fourth-order valence-electron chi connectivity index (χ4n) is 4.33. The molecule has 3 aromatic rings. The zero-order valence-corrected chi connectivity index (χ0v) is 16.7. The van der Waals surface area contributed by atoms with Crippen LogP contribution < -0.4 is 10.5 Å². The third-order valence-electron chi connectivity index (χ3n) is 5.95. The summed E-state index contributed by atoms with van der Waals surface area (Å²) >= 11 is 0. The van der Waals surface area contributed by atoms with Crippen molar-refractivity contribution < 1.29 is 14.3 Å². The highest BCUT2D eigenvalue weighted by atomic mass is 19.1. The van der Waals surface area contributed by atoms with Crippen LogP contribution in [0.4, 0.5) is 10.1 Å². The quantitative estimate of drug-likeness (QED) is 0.682. The van der Waals surface area contributed by atoms with E-state index in [-0.39, 0.29) is 17.8 Å². The van der Waals surface area contributed by atoms with Gasteiger partial charge in [-0.25, -0.2) is 9.49 Å². The molecule has 1 fully saturated rings. The van der Waals surface area contributed by atoms with E-state index in [0.717, 1.165) is 10.9 Å². The Balaban J connectivity index is 1.54. The van der Waals surface area contributed by atoms with E-state index in [1.165, 1.54) is 30.2 Å². The number of allylic oxidation sites excluding steroid dienone is 3. The summed E-state index contributed by atoms with van der Waals surface area (Å²) in [4.78, 5) is 30.7. The molecule has 2 N–H and O–H groups in total. The Morgan fingerprint density at radius 2 is 2.00 bits per heavy atom. The van der Waals surface area contributed by atoms with Crippen LogP contribution in [0.5, 0.6) is 0 Å². The lowest BCUT2D eigenvalue weighted by molar-refractivity contribution is -0.134. The molecule has 2 atom stereocenters. The molecule has 2 unspecified atom stereocenters. The van der Waals surface area contributed by atoms with Gasteiger partial charge in [0.05, 0.1) is 23.0 Å². The summed E-state index contributed by atoms with van der Waals surface area (Å²) in [6.45, 7) is 1.42. The molecule has 156 valence electrons. The first-order valence-electron chi connectivity index (χ1n) is 9.89. The van der Waals surface area contributed by atoms with E-state index in [1.54, 1.807) is 24.4 Å². The molecule has 1 aliphatic carbocycles. The summed E-state index contributed by atoms with van der Waals surface area (Å²) in [5.74, 6) is -1.54. The van der Waals surface area contributed by atoms with Crippen molar-refractivity contribution in [2.45, 2.75) is 25.4 Å². The number of hydrogen-bond acceptors (Lipinski definition) is 5. The molecule has 1 aromatic carbocycles. The Morgan fingerprint density at radius 3 is 2.81 bits per heavy atom. The molecule has 0 spiro atoms. The highest BCUT2D eigenvalue weighted by Gasteiger charge is 2.54.